The molecule has 0 aliphatic carbocycles. The van der Waals surface area contributed by atoms with Gasteiger partial charge in [0.05, 0.1) is 10.6 Å². The molecule has 1 rings (SSSR count). The molecule has 0 aromatic carbocycles. The van der Waals surface area contributed by atoms with Crippen molar-refractivity contribution in [1.82, 2.24) is 14.8 Å². The van der Waals surface area contributed by atoms with Gasteiger partial charge in [0, 0.05) is 32.9 Å². The van der Waals surface area contributed by atoms with E-state index in [2.05, 4.69) is 17.2 Å². The third-order valence-electron chi connectivity index (χ3n) is 2.87. The number of hydrogen-bond acceptors (Lipinski definition) is 4. The van der Waals surface area contributed by atoms with Gasteiger partial charge in [-0.25, -0.2) is 4.98 Å². The van der Waals surface area contributed by atoms with E-state index < -0.39 is 0 Å². The van der Waals surface area contributed by atoms with Crippen LogP contribution in [-0.4, -0.2) is 61.5 Å². The van der Waals surface area contributed by atoms with Crippen molar-refractivity contribution in [2.45, 2.75) is 13.3 Å². The van der Waals surface area contributed by atoms with Gasteiger partial charge in [0.25, 0.3) is 5.91 Å². The Labute approximate surface area is 125 Å². The van der Waals surface area contributed by atoms with Crippen LogP contribution in [0, 0.1) is 0 Å². The third kappa shape index (κ3) is 4.98. The lowest BCUT2D eigenvalue weighted by atomic mass is 10.2. The molecule has 1 heterocycles. The smallest absolute Gasteiger partial charge is 0.255 e. The van der Waals surface area contributed by atoms with Crippen molar-refractivity contribution in [1.29, 1.82) is 0 Å². The highest BCUT2D eigenvalue weighted by atomic mass is 35.5. The fourth-order valence-corrected chi connectivity index (χ4v) is 1.79. The Morgan fingerprint density at radius 2 is 2.05 bits per heavy atom. The lowest BCUT2D eigenvalue weighted by Crippen LogP contribution is -2.33. The van der Waals surface area contributed by atoms with Crippen molar-refractivity contribution in [3.8, 4) is 0 Å². The first-order valence-electron chi connectivity index (χ1n) is 6.75. The number of pyridine rings is 1. The topological polar surface area (TPSA) is 48.5 Å². The van der Waals surface area contributed by atoms with Crippen LogP contribution in [0.5, 0.6) is 0 Å². The van der Waals surface area contributed by atoms with Crippen LogP contribution in [0.4, 0.5) is 5.82 Å². The molecule has 20 heavy (non-hydrogen) atoms. The average molecular weight is 299 g/mol. The number of carbonyl (C=O) groups excluding carboxylic acids is 1. The maximum atomic E-state index is 12.4. The fourth-order valence-electron chi connectivity index (χ4n) is 1.61. The van der Waals surface area contributed by atoms with Crippen molar-refractivity contribution in [3.05, 3.63) is 22.8 Å². The molecule has 5 nitrogen and oxygen atoms in total. The van der Waals surface area contributed by atoms with E-state index in [1.807, 2.05) is 19.0 Å². The highest BCUT2D eigenvalue weighted by Gasteiger charge is 2.16. The molecule has 0 aliphatic rings. The Hall–Kier alpha value is -1.33. The zero-order chi connectivity index (χ0) is 15.1. The Balaban J connectivity index is 2.80. The minimum Gasteiger partial charge on any atom is -0.370 e. The molecule has 1 aromatic heterocycles. The average Bonchev–Trinajstić information content (AvgIpc) is 2.43. The van der Waals surface area contributed by atoms with E-state index >= 15 is 0 Å². The normalized spacial score (nSPS) is 10.7. The SMILES string of the molecule is CCCNc1cc(C(=O)N(C)CCN(C)C)c(Cl)cn1. The number of hydrogen-bond donors (Lipinski definition) is 1. The number of halogens is 1. The van der Waals surface area contributed by atoms with Gasteiger partial charge in [-0.05, 0) is 26.6 Å². The molecule has 0 aliphatic heterocycles. The first kappa shape index (κ1) is 16.7. The lowest BCUT2D eigenvalue weighted by molar-refractivity contribution is 0.0786. The van der Waals surface area contributed by atoms with Crippen LogP contribution in [0.2, 0.25) is 5.02 Å². The molecule has 0 unspecified atom stereocenters. The minimum atomic E-state index is -0.0844. The van der Waals surface area contributed by atoms with Crippen molar-refractivity contribution >= 4 is 23.3 Å². The maximum Gasteiger partial charge on any atom is 0.255 e. The number of aromatic nitrogens is 1. The molecule has 6 heteroatoms. The fraction of sp³-hybridized carbons (Fsp3) is 0.571. The summed E-state index contributed by atoms with van der Waals surface area (Å²) in [6.45, 7) is 4.36. The molecule has 0 fully saturated rings. The number of nitrogens with one attached hydrogen (secondary N) is 1. The molecular formula is C14H23ClN4O. The van der Waals surface area contributed by atoms with Crippen LogP contribution in [0.15, 0.2) is 12.3 Å². The van der Waals surface area contributed by atoms with E-state index in [1.54, 1.807) is 18.0 Å². The summed E-state index contributed by atoms with van der Waals surface area (Å²) >= 11 is 6.08. The summed E-state index contributed by atoms with van der Waals surface area (Å²) in [7, 11) is 5.73. The quantitative estimate of drug-likeness (QED) is 0.838. The van der Waals surface area contributed by atoms with E-state index in [1.165, 1.54) is 6.20 Å². The first-order valence-corrected chi connectivity index (χ1v) is 7.13. The van der Waals surface area contributed by atoms with E-state index in [0.29, 0.717) is 22.9 Å². The van der Waals surface area contributed by atoms with Crippen LogP contribution >= 0.6 is 11.6 Å². The summed E-state index contributed by atoms with van der Waals surface area (Å²) < 4.78 is 0. The van der Waals surface area contributed by atoms with Crippen LogP contribution in [0.1, 0.15) is 23.7 Å². The van der Waals surface area contributed by atoms with E-state index in [4.69, 9.17) is 11.6 Å². The van der Waals surface area contributed by atoms with Gasteiger partial charge in [-0.15, -0.1) is 0 Å². The highest BCUT2D eigenvalue weighted by Crippen LogP contribution is 2.19. The van der Waals surface area contributed by atoms with Gasteiger partial charge >= 0.3 is 0 Å². The predicted molar refractivity (Wildman–Crippen MR) is 83.5 cm³/mol. The zero-order valence-corrected chi connectivity index (χ0v) is 13.4. The standard InChI is InChI=1S/C14H23ClN4O/c1-5-6-16-13-9-11(12(15)10-17-13)14(20)19(4)8-7-18(2)3/h9-10H,5-8H2,1-4H3,(H,16,17). The number of rotatable bonds is 7. The summed E-state index contributed by atoms with van der Waals surface area (Å²) in [5, 5.41) is 3.54. The molecule has 112 valence electrons. The number of nitrogens with zero attached hydrogens (tertiary/aromatic N) is 3. The summed E-state index contributed by atoms with van der Waals surface area (Å²) in [5.41, 5.74) is 0.488. The molecule has 0 saturated heterocycles. The second kappa shape index (κ2) is 8.07. The summed E-state index contributed by atoms with van der Waals surface area (Å²) in [6.07, 6.45) is 2.52. The van der Waals surface area contributed by atoms with E-state index in [9.17, 15) is 4.79 Å². The van der Waals surface area contributed by atoms with Gasteiger partial charge in [-0.1, -0.05) is 18.5 Å². The Morgan fingerprint density at radius 3 is 2.65 bits per heavy atom. The minimum absolute atomic E-state index is 0.0844. The van der Waals surface area contributed by atoms with Gasteiger partial charge in [-0.2, -0.15) is 0 Å². The molecular weight excluding hydrogens is 276 g/mol. The van der Waals surface area contributed by atoms with Gasteiger partial charge in [0.2, 0.25) is 0 Å². The summed E-state index contributed by atoms with van der Waals surface area (Å²) in [6, 6.07) is 1.71. The second-order valence-corrected chi connectivity index (χ2v) is 5.41. The van der Waals surface area contributed by atoms with Gasteiger partial charge < -0.3 is 15.1 Å². The molecule has 1 aromatic rings. The van der Waals surface area contributed by atoms with Crippen LogP contribution < -0.4 is 5.32 Å². The van der Waals surface area contributed by atoms with Crippen molar-refractivity contribution in [2.24, 2.45) is 0 Å². The van der Waals surface area contributed by atoms with E-state index in [0.717, 1.165) is 19.5 Å². The number of carbonyl (C=O) groups is 1. The zero-order valence-electron chi connectivity index (χ0n) is 12.6. The molecule has 0 spiro atoms. The predicted octanol–water partition coefficient (Wildman–Crippen LogP) is 2.19. The Morgan fingerprint density at radius 1 is 1.35 bits per heavy atom. The Kier molecular flexibility index (Phi) is 6.75. The highest BCUT2D eigenvalue weighted by molar-refractivity contribution is 6.33. The molecule has 0 saturated carbocycles. The van der Waals surface area contributed by atoms with Crippen molar-refractivity contribution in [2.75, 3.05) is 46.1 Å². The Bertz CT molecular complexity index is 451. The second-order valence-electron chi connectivity index (χ2n) is 5.01. The molecule has 0 bridgehead atoms. The number of likely N-dealkylation sites (N-methyl/N-ethyl adjacent to an activating group) is 2. The van der Waals surface area contributed by atoms with Crippen LogP contribution in [0.25, 0.3) is 0 Å². The van der Waals surface area contributed by atoms with E-state index in [-0.39, 0.29) is 5.91 Å². The molecule has 1 N–H and O–H groups in total. The van der Waals surface area contributed by atoms with Crippen LogP contribution in [-0.2, 0) is 0 Å². The number of anilines is 1. The molecule has 0 atom stereocenters. The van der Waals surface area contributed by atoms with Gasteiger partial charge in [0.1, 0.15) is 5.82 Å². The first-order chi connectivity index (χ1) is 9.45. The summed E-state index contributed by atoms with van der Waals surface area (Å²) in [4.78, 5) is 20.2. The van der Waals surface area contributed by atoms with Crippen molar-refractivity contribution < 1.29 is 4.79 Å². The van der Waals surface area contributed by atoms with Gasteiger partial charge in [0.15, 0.2) is 0 Å². The van der Waals surface area contributed by atoms with Crippen LogP contribution in [0.3, 0.4) is 0 Å². The maximum absolute atomic E-state index is 12.4. The molecule has 0 radical (unpaired) electrons. The third-order valence-corrected chi connectivity index (χ3v) is 3.17. The van der Waals surface area contributed by atoms with Gasteiger partial charge in [-0.3, -0.25) is 4.79 Å². The lowest BCUT2D eigenvalue weighted by Gasteiger charge is -2.20. The monoisotopic (exact) mass is 298 g/mol. The largest absolute Gasteiger partial charge is 0.370 e. The van der Waals surface area contributed by atoms with Crippen molar-refractivity contribution in [3.63, 3.8) is 0 Å². The molecule has 1 amide bonds. The summed E-state index contributed by atoms with van der Waals surface area (Å²) in [5.74, 6) is 0.597. The number of amides is 1.